The summed E-state index contributed by atoms with van der Waals surface area (Å²) < 4.78 is 6.39. The number of benzene rings is 1. The summed E-state index contributed by atoms with van der Waals surface area (Å²) in [5.74, 6) is -4.07. The molecule has 36 heavy (non-hydrogen) atoms. The van der Waals surface area contributed by atoms with Gasteiger partial charge in [-0.3, -0.25) is 14.4 Å². The Labute approximate surface area is 220 Å². The van der Waals surface area contributed by atoms with Gasteiger partial charge in [0.2, 0.25) is 5.91 Å². The molecule has 196 valence electrons. The number of carboxylic acid groups (broad SMARTS) is 1. The maximum atomic E-state index is 14.6. The van der Waals surface area contributed by atoms with E-state index in [1.165, 1.54) is 4.90 Å². The van der Waals surface area contributed by atoms with Gasteiger partial charge in [0.25, 0.3) is 5.91 Å². The lowest BCUT2D eigenvalue weighted by Gasteiger charge is -2.41. The van der Waals surface area contributed by atoms with Gasteiger partial charge in [0.15, 0.2) is 0 Å². The number of likely N-dealkylation sites (tertiary alicyclic amines) is 1. The molecule has 2 amide bonds. The molecule has 3 aliphatic heterocycles. The third kappa shape index (κ3) is 3.82. The summed E-state index contributed by atoms with van der Waals surface area (Å²) in [7, 11) is 0. The molecule has 0 aromatic heterocycles. The van der Waals surface area contributed by atoms with Crippen molar-refractivity contribution in [3.8, 4) is 0 Å². The molecule has 2 N–H and O–H groups in total. The molecule has 3 heterocycles. The van der Waals surface area contributed by atoms with Gasteiger partial charge in [0, 0.05) is 17.1 Å². The van der Waals surface area contributed by atoms with E-state index < -0.39 is 47.5 Å². The molecule has 3 aliphatic rings. The van der Waals surface area contributed by atoms with E-state index >= 15 is 0 Å². The lowest BCUT2D eigenvalue weighted by atomic mass is 9.70. The zero-order valence-electron chi connectivity index (χ0n) is 21.2. The second kappa shape index (κ2) is 9.91. The van der Waals surface area contributed by atoms with E-state index in [9.17, 15) is 24.6 Å². The maximum Gasteiger partial charge on any atom is 0.310 e. The molecular weight excluding hydrogens is 528 g/mol. The molecule has 8 nitrogen and oxygen atoms in total. The predicted octanol–water partition coefficient (Wildman–Crippen LogP) is 3.06. The van der Waals surface area contributed by atoms with Crippen molar-refractivity contribution in [2.45, 2.75) is 69.2 Å². The first-order valence-corrected chi connectivity index (χ1v) is 13.4. The first-order chi connectivity index (χ1) is 17.0. The Balaban J connectivity index is 1.91. The fraction of sp³-hybridized carbons (Fsp3) is 0.593. The molecule has 0 radical (unpaired) electrons. The minimum Gasteiger partial charge on any atom is -0.481 e. The number of para-hydroxylation sites is 1. The van der Waals surface area contributed by atoms with Crippen LogP contribution in [0, 0.1) is 31.6 Å². The Hall–Kier alpha value is -2.23. The number of aliphatic hydroxyl groups excluding tert-OH is 1. The highest BCUT2D eigenvalue weighted by molar-refractivity contribution is 9.09. The highest BCUT2D eigenvalue weighted by Gasteiger charge is 2.77. The Morgan fingerprint density at radius 2 is 2.00 bits per heavy atom. The van der Waals surface area contributed by atoms with Crippen LogP contribution in [0.5, 0.6) is 0 Å². The molecule has 1 aromatic rings. The zero-order valence-corrected chi connectivity index (χ0v) is 22.8. The number of aryl methyl sites for hydroxylation is 2. The van der Waals surface area contributed by atoms with Crippen molar-refractivity contribution in [2.24, 2.45) is 17.8 Å². The fourth-order valence-corrected chi connectivity index (χ4v) is 7.54. The van der Waals surface area contributed by atoms with E-state index in [0.29, 0.717) is 12.8 Å². The van der Waals surface area contributed by atoms with Crippen molar-refractivity contribution in [1.29, 1.82) is 0 Å². The molecule has 0 saturated carbocycles. The number of amides is 2. The number of halogens is 1. The second-order valence-electron chi connectivity index (χ2n) is 10.4. The molecule has 1 spiro atoms. The number of ether oxygens (including phenoxy) is 1. The first kappa shape index (κ1) is 26.8. The number of nitrogens with zero attached hydrogens (tertiary/aromatic N) is 2. The third-order valence-corrected chi connectivity index (χ3v) is 9.22. The van der Waals surface area contributed by atoms with Gasteiger partial charge < -0.3 is 24.7 Å². The highest BCUT2D eigenvalue weighted by atomic mass is 79.9. The van der Waals surface area contributed by atoms with Crippen LogP contribution in [-0.4, -0.2) is 74.7 Å². The van der Waals surface area contributed by atoms with Crippen LogP contribution in [0.1, 0.15) is 37.8 Å². The van der Waals surface area contributed by atoms with Gasteiger partial charge >= 0.3 is 5.97 Å². The number of hydrogen-bond acceptors (Lipinski definition) is 5. The van der Waals surface area contributed by atoms with Crippen molar-refractivity contribution in [3.63, 3.8) is 0 Å². The van der Waals surface area contributed by atoms with Gasteiger partial charge in [0.1, 0.15) is 11.6 Å². The number of carbonyl (C=O) groups excluding carboxylic acids is 2. The third-order valence-electron chi connectivity index (χ3n) is 8.38. The van der Waals surface area contributed by atoms with Crippen LogP contribution in [0.2, 0.25) is 0 Å². The quantitative estimate of drug-likeness (QED) is 0.354. The normalized spacial score (nSPS) is 32.3. The van der Waals surface area contributed by atoms with E-state index in [1.54, 1.807) is 11.0 Å². The lowest BCUT2D eigenvalue weighted by Crippen LogP contribution is -2.60. The number of carboxylic acids is 1. The number of alkyl halides is 1. The summed E-state index contributed by atoms with van der Waals surface area (Å²) in [6.45, 7) is 11.5. The number of fused-ring (bicyclic) bond motifs is 1. The minimum atomic E-state index is -1.30. The molecular formula is C27H35BrN2O6. The number of anilines is 1. The molecule has 2 bridgehead atoms. The van der Waals surface area contributed by atoms with Crippen LogP contribution in [0.25, 0.3) is 0 Å². The largest absolute Gasteiger partial charge is 0.481 e. The summed E-state index contributed by atoms with van der Waals surface area (Å²) in [5, 5.41) is 20.5. The van der Waals surface area contributed by atoms with Crippen LogP contribution in [0.15, 0.2) is 30.9 Å². The van der Waals surface area contributed by atoms with E-state index in [2.05, 4.69) is 22.5 Å². The van der Waals surface area contributed by atoms with E-state index in [0.717, 1.165) is 16.8 Å². The number of hydrogen-bond donors (Lipinski definition) is 2. The molecule has 0 aliphatic carbocycles. The van der Waals surface area contributed by atoms with Crippen molar-refractivity contribution in [2.75, 3.05) is 18.1 Å². The van der Waals surface area contributed by atoms with Gasteiger partial charge in [-0.1, -0.05) is 60.5 Å². The smallest absolute Gasteiger partial charge is 0.310 e. The summed E-state index contributed by atoms with van der Waals surface area (Å²) in [6, 6.07) is 4.05. The van der Waals surface area contributed by atoms with Gasteiger partial charge in [-0.15, -0.1) is 6.58 Å². The lowest BCUT2D eigenvalue weighted by molar-refractivity contribution is -0.151. The molecule has 9 heteroatoms. The molecule has 3 fully saturated rings. The SMILES string of the molecule is C=CCN(C(=O)C1N([C@@H](CO)[C@@H](C)CC)C(=O)[C@@H]2[C@H](C(=O)O)[C@H]3OC12CC3Br)c1c(C)cccc1C. The molecule has 8 atom stereocenters. The highest BCUT2D eigenvalue weighted by Crippen LogP contribution is 2.60. The number of aliphatic hydroxyl groups is 1. The summed E-state index contributed by atoms with van der Waals surface area (Å²) in [6.07, 6.45) is 1.93. The van der Waals surface area contributed by atoms with Crippen LogP contribution >= 0.6 is 15.9 Å². The molecule has 3 saturated heterocycles. The van der Waals surface area contributed by atoms with Crippen LogP contribution < -0.4 is 4.90 Å². The zero-order chi connectivity index (χ0) is 26.5. The molecule has 4 rings (SSSR count). The molecule has 1 aromatic carbocycles. The maximum absolute atomic E-state index is 14.6. The number of aliphatic carboxylic acids is 1. The van der Waals surface area contributed by atoms with E-state index in [1.807, 2.05) is 45.9 Å². The topological polar surface area (TPSA) is 107 Å². The van der Waals surface area contributed by atoms with Gasteiger partial charge in [0.05, 0.1) is 30.6 Å². The minimum absolute atomic E-state index is 0.113. The van der Waals surface area contributed by atoms with Gasteiger partial charge in [-0.05, 0) is 37.3 Å². The Morgan fingerprint density at radius 1 is 1.36 bits per heavy atom. The molecule has 3 unspecified atom stereocenters. The first-order valence-electron chi connectivity index (χ1n) is 12.5. The summed E-state index contributed by atoms with van der Waals surface area (Å²) in [5.41, 5.74) is 1.23. The predicted molar refractivity (Wildman–Crippen MR) is 139 cm³/mol. The Morgan fingerprint density at radius 3 is 2.53 bits per heavy atom. The van der Waals surface area contributed by atoms with E-state index in [-0.39, 0.29) is 29.8 Å². The average molecular weight is 563 g/mol. The van der Waals surface area contributed by atoms with Crippen LogP contribution in [0.3, 0.4) is 0 Å². The van der Waals surface area contributed by atoms with Crippen molar-refractivity contribution in [1.82, 2.24) is 4.90 Å². The Bertz CT molecular complexity index is 1060. The monoisotopic (exact) mass is 562 g/mol. The van der Waals surface area contributed by atoms with Gasteiger partial charge in [-0.25, -0.2) is 0 Å². The average Bonchev–Trinajstić information content (AvgIpc) is 3.42. The number of carbonyl (C=O) groups is 3. The van der Waals surface area contributed by atoms with Crippen molar-refractivity contribution in [3.05, 3.63) is 42.0 Å². The van der Waals surface area contributed by atoms with E-state index in [4.69, 9.17) is 4.74 Å². The van der Waals surface area contributed by atoms with Crippen LogP contribution in [-0.2, 0) is 19.1 Å². The summed E-state index contributed by atoms with van der Waals surface area (Å²) >= 11 is 3.58. The van der Waals surface area contributed by atoms with Crippen LogP contribution in [0.4, 0.5) is 5.69 Å². The number of rotatable bonds is 9. The van der Waals surface area contributed by atoms with Gasteiger partial charge in [-0.2, -0.15) is 0 Å². The Kier molecular flexibility index (Phi) is 7.38. The standard InChI is InChI=1S/C27H35BrN2O6/c1-6-11-29(21-15(4)9-8-10-16(21)5)25(33)23-27-12-17(28)22(36-27)19(26(34)35)20(27)24(32)30(23)18(13-31)14(3)7-2/h6,8-10,14,17-20,22-23,31H,1,7,11-13H2,2-5H3,(H,34,35)/t14-,17?,18-,19-,20-,22-,23?,27?/m0/s1. The second-order valence-corrected chi connectivity index (χ2v) is 11.5. The fourth-order valence-electron chi connectivity index (χ4n) is 6.60. The van der Waals surface area contributed by atoms with Crippen molar-refractivity contribution >= 4 is 39.4 Å². The van der Waals surface area contributed by atoms with Crippen molar-refractivity contribution < 1.29 is 29.3 Å². The summed E-state index contributed by atoms with van der Waals surface area (Å²) in [4.78, 5) is 43.8.